The number of carbonyl (C=O) groups is 1. The van der Waals surface area contributed by atoms with Crippen molar-refractivity contribution < 1.29 is 4.79 Å². The minimum atomic E-state index is 0.0547. The Morgan fingerprint density at radius 3 is 2.86 bits per heavy atom. The average Bonchev–Trinajstić information content (AvgIpc) is 3.33. The van der Waals surface area contributed by atoms with E-state index < -0.39 is 0 Å². The third-order valence-corrected chi connectivity index (χ3v) is 6.70. The van der Waals surface area contributed by atoms with Gasteiger partial charge in [-0.2, -0.15) is 0 Å². The van der Waals surface area contributed by atoms with Crippen LogP contribution in [0.15, 0.2) is 30.6 Å². The molecule has 0 bridgehead atoms. The minimum absolute atomic E-state index is 0.0547. The number of piperidine rings is 1. The van der Waals surface area contributed by atoms with Gasteiger partial charge in [0.05, 0.1) is 6.04 Å². The van der Waals surface area contributed by atoms with Crippen LogP contribution >= 0.6 is 0 Å². The second-order valence-electron chi connectivity index (χ2n) is 8.45. The number of carbonyl (C=O) groups excluding carboxylic acids is 1. The van der Waals surface area contributed by atoms with Crippen LogP contribution in [0.1, 0.15) is 61.6 Å². The maximum absolute atomic E-state index is 13.3. The van der Waals surface area contributed by atoms with Crippen LogP contribution in [-0.2, 0) is 31.2 Å². The van der Waals surface area contributed by atoms with Crippen molar-refractivity contribution in [3.8, 4) is 0 Å². The van der Waals surface area contributed by atoms with E-state index in [4.69, 9.17) is 0 Å². The smallest absolute Gasteiger partial charge is 0.224 e. The molecule has 0 radical (unpaired) electrons. The second-order valence-corrected chi connectivity index (χ2v) is 8.45. The molecule has 1 saturated heterocycles. The number of nitrogens with zero attached hydrogens (tertiary/aromatic N) is 5. The SMILES string of the molecule is Cn1cnnc1C1CCCCN1C(=O)CCn1c2c(c3ccccc31)CCCC2. The van der Waals surface area contributed by atoms with Crippen LogP contribution in [0.25, 0.3) is 10.9 Å². The third-order valence-electron chi connectivity index (χ3n) is 6.70. The highest BCUT2D eigenvalue weighted by Crippen LogP contribution is 2.33. The first-order valence-electron chi connectivity index (χ1n) is 11.0. The number of benzene rings is 1. The number of hydrogen-bond acceptors (Lipinski definition) is 3. The fourth-order valence-electron chi connectivity index (χ4n) is 5.29. The van der Waals surface area contributed by atoms with E-state index in [1.807, 2.05) is 16.5 Å². The van der Waals surface area contributed by atoms with Gasteiger partial charge in [0.25, 0.3) is 0 Å². The van der Waals surface area contributed by atoms with Gasteiger partial charge in [-0.15, -0.1) is 10.2 Å². The monoisotopic (exact) mass is 391 g/mol. The number of fused-ring (bicyclic) bond motifs is 3. The zero-order valence-electron chi connectivity index (χ0n) is 17.2. The van der Waals surface area contributed by atoms with Crippen LogP contribution in [0.4, 0.5) is 0 Å². The fraction of sp³-hybridized carbons (Fsp3) is 0.522. The largest absolute Gasteiger partial charge is 0.344 e. The number of aromatic nitrogens is 4. The molecule has 3 aromatic rings. The summed E-state index contributed by atoms with van der Waals surface area (Å²) >= 11 is 0. The highest BCUT2D eigenvalue weighted by Gasteiger charge is 2.31. The zero-order valence-corrected chi connectivity index (χ0v) is 17.2. The van der Waals surface area contributed by atoms with E-state index in [0.717, 1.165) is 51.0 Å². The minimum Gasteiger partial charge on any atom is -0.344 e. The number of hydrogen-bond donors (Lipinski definition) is 0. The summed E-state index contributed by atoms with van der Waals surface area (Å²) in [7, 11) is 1.96. The van der Waals surface area contributed by atoms with Crippen molar-refractivity contribution >= 4 is 16.8 Å². The fourth-order valence-corrected chi connectivity index (χ4v) is 5.29. The number of likely N-dealkylation sites (tertiary alicyclic amines) is 1. The van der Waals surface area contributed by atoms with Gasteiger partial charge in [-0.1, -0.05) is 18.2 Å². The molecule has 6 heteroatoms. The lowest BCUT2D eigenvalue weighted by Gasteiger charge is -2.35. The molecule has 1 atom stereocenters. The molecule has 5 rings (SSSR count). The number of rotatable bonds is 4. The summed E-state index contributed by atoms with van der Waals surface area (Å²) in [6, 6.07) is 8.75. The predicted molar refractivity (Wildman–Crippen MR) is 113 cm³/mol. The van der Waals surface area contributed by atoms with Crippen molar-refractivity contribution in [2.45, 2.75) is 64.0 Å². The van der Waals surface area contributed by atoms with Gasteiger partial charge < -0.3 is 14.0 Å². The first-order chi connectivity index (χ1) is 14.2. The second kappa shape index (κ2) is 7.65. The summed E-state index contributed by atoms with van der Waals surface area (Å²) in [5, 5.41) is 9.70. The molecule has 2 aromatic heterocycles. The topological polar surface area (TPSA) is 56.0 Å². The molecule has 0 spiro atoms. The van der Waals surface area contributed by atoms with Crippen molar-refractivity contribution in [3.63, 3.8) is 0 Å². The van der Waals surface area contributed by atoms with Gasteiger partial charge >= 0.3 is 0 Å². The molecule has 2 aliphatic rings. The van der Waals surface area contributed by atoms with E-state index in [9.17, 15) is 4.79 Å². The molecule has 1 aromatic carbocycles. The molecule has 29 heavy (non-hydrogen) atoms. The highest BCUT2D eigenvalue weighted by atomic mass is 16.2. The maximum atomic E-state index is 13.3. The standard InChI is InChI=1S/C23H29N5O/c1-26-16-24-25-23(26)21-12-6-7-14-28(21)22(29)13-15-27-19-10-4-2-8-17(19)18-9-3-5-11-20(18)27/h2,4,8,10,16,21H,3,5-7,9,11-15H2,1H3. The van der Waals surface area contributed by atoms with Gasteiger partial charge in [0, 0.05) is 43.2 Å². The van der Waals surface area contributed by atoms with Crippen LogP contribution in [0.2, 0.25) is 0 Å². The van der Waals surface area contributed by atoms with Gasteiger partial charge in [0.2, 0.25) is 5.91 Å². The van der Waals surface area contributed by atoms with E-state index in [1.165, 1.54) is 35.0 Å². The Balaban J connectivity index is 1.39. The Labute approximate surface area is 171 Å². The van der Waals surface area contributed by atoms with Crippen LogP contribution in [0.5, 0.6) is 0 Å². The maximum Gasteiger partial charge on any atom is 0.224 e. The molecular weight excluding hydrogens is 362 g/mol. The Hall–Kier alpha value is -2.63. The van der Waals surface area contributed by atoms with Crippen molar-refractivity contribution in [1.82, 2.24) is 24.2 Å². The molecule has 0 saturated carbocycles. The van der Waals surface area contributed by atoms with E-state index in [1.54, 1.807) is 6.33 Å². The summed E-state index contributed by atoms with van der Waals surface area (Å²) in [6.45, 7) is 1.58. The Morgan fingerprint density at radius 1 is 1.14 bits per heavy atom. The summed E-state index contributed by atoms with van der Waals surface area (Å²) in [4.78, 5) is 15.3. The molecule has 1 aliphatic carbocycles. The zero-order chi connectivity index (χ0) is 19.8. The van der Waals surface area contributed by atoms with Gasteiger partial charge in [-0.25, -0.2) is 0 Å². The first-order valence-corrected chi connectivity index (χ1v) is 11.0. The van der Waals surface area contributed by atoms with Gasteiger partial charge in [0.1, 0.15) is 6.33 Å². The Morgan fingerprint density at radius 2 is 2.00 bits per heavy atom. The van der Waals surface area contributed by atoms with Crippen molar-refractivity contribution in [3.05, 3.63) is 47.7 Å². The normalized spacial score (nSPS) is 19.5. The Kier molecular flexibility index (Phi) is 4.86. The number of amides is 1. The molecular formula is C23H29N5O. The lowest BCUT2D eigenvalue weighted by molar-refractivity contribution is -0.135. The molecule has 0 N–H and O–H groups in total. The quantitative estimate of drug-likeness (QED) is 0.680. The van der Waals surface area contributed by atoms with Gasteiger partial charge in [0.15, 0.2) is 5.82 Å². The third kappa shape index (κ3) is 3.24. The molecule has 1 unspecified atom stereocenters. The van der Waals surface area contributed by atoms with E-state index in [-0.39, 0.29) is 11.9 Å². The van der Waals surface area contributed by atoms with Gasteiger partial charge in [-0.3, -0.25) is 4.79 Å². The molecule has 1 aliphatic heterocycles. The lowest BCUT2D eigenvalue weighted by atomic mass is 9.95. The molecule has 3 heterocycles. The van der Waals surface area contributed by atoms with E-state index in [2.05, 4.69) is 39.0 Å². The van der Waals surface area contributed by atoms with Crippen molar-refractivity contribution in [2.24, 2.45) is 7.05 Å². The molecule has 1 amide bonds. The average molecular weight is 392 g/mol. The summed E-state index contributed by atoms with van der Waals surface area (Å²) < 4.78 is 4.37. The number of aryl methyl sites for hydroxylation is 3. The van der Waals surface area contributed by atoms with Crippen LogP contribution in [0.3, 0.4) is 0 Å². The molecule has 152 valence electrons. The van der Waals surface area contributed by atoms with Gasteiger partial charge in [-0.05, 0) is 56.6 Å². The van der Waals surface area contributed by atoms with Crippen LogP contribution < -0.4 is 0 Å². The lowest BCUT2D eigenvalue weighted by Crippen LogP contribution is -2.40. The van der Waals surface area contributed by atoms with Crippen LogP contribution in [0, 0.1) is 0 Å². The highest BCUT2D eigenvalue weighted by molar-refractivity contribution is 5.86. The van der Waals surface area contributed by atoms with Crippen LogP contribution in [-0.4, -0.2) is 36.7 Å². The predicted octanol–water partition coefficient (Wildman–Crippen LogP) is 3.79. The summed E-state index contributed by atoms with van der Waals surface area (Å²) in [6.07, 6.45) is 10.3. The first kappa shape index (κ1) is 18.4. The number of para-hydroxylation sites is 1. The molecule has 6 nitrogen and oxygen atoms in total. The van der Waals surface area contributed by atoms with E-state index in [0.29, 0.717) is 6.42 Å². The Bertz CT molecular complexity index is 1030. The summed E-state index contributed by atoms with van der Waals surface area (Å²) in [5.41, 5.74) is 4.25. The molecule has 1 fully saturated rings. The van der Waals surface area contributed by atoms with Crippen molar-refractivity contribution in [1.29, 1.82) is 0 Å². The summed E-state index contributed by atoms with van der Waals surface area (Å²) in [5.74, 6) is 1.14. The van der Waals surface area contributed by atoms with E-state index >= 15 is 0 Å². The van der Waals surface area contributed by atoms with Crippen molar-refractivity contribution in [2.75, 3.05) is 6.54 Å².